The van der Waals surface area contributed by atoms with Crippen molar-refractivity contribution >= 4 is 17.5 Å². The molecule has 2 rings (SSSR count). The molecule has 4 heteroatoms. The van der Waals surface area contributed by atoms with Gasteiger partial charge in [0.2, 0.25) is 5.91 Å². The molecular weight excluding hydrogens is 212 g/mol. The maximum Gasteiger partial charge on any atom is 0.221 e. The predicted molar refractivity (Wildman–Crippen MR) is 59.8 cm³/mol. The third-order valence-corrected chi connectivity index (χ3v) is 2.73. The zero-order valence-corrected chi connectivity index (χ0v) is 9.05. The van der Waals surface area contributed by atoms with Gasteiger partial charge >= 0.3 is 0 Å². The molecule has 1 saturated heterocycles. The molecule has 1 aromatic carbocycles. The van der Waals surface area contributed by atoms with Crippen molar-refractivity contribution in [2.24, 2.45) is 0 Å². The third kappa shape index (κ3) is 2.70. The van der Waals surface area contributed by atoms with Crippen LogP contribution in [0, 0.1) is 0 Å². The van der Waals surface area contributed by atoms with Crippen molar-refractivity contribution in [1.82, 2.24) is 10.6 Å². The lowest BCUT2D eigenvalue weighted by Gasteiger charge is -2.15. The number of halogens is 1. The molecule has 1 aromatic rings. The monoisotopic (exact) mass is 224 g/mol. The lowest BCUT2D eigenvalue weighted by atomic mass is 10.1. The Labute approximate surface area is 93.8 Å². The maximum absolute atomic E-state index is 11.1. The van der Waals surface area contributed by atoms with Gasteiger partial charge in [0.15, 0.2) is 0 Å². The summed E-state index contributed by atoms with van der Waals surface area (Å²) in [5, 5.41) is 6.91. The fourth-order valence-corrected chi connectivity index (χ4v) is 1.89. The average Bonchev–Trinajstić information content (AvgIpc) is 2.43. The van der Waals surface area contributed by atoms with Gasteiger partial charge in [-0.05, 0) is 17.7 Å². The number of rotatable bonds is 1. The number of hydrogen-bond acceptors (Lipinski definition) is 2. The molecule has 1 aliphatic heterocycles. The van der Waals surface area contributed by atoms with E-state index in [2.05, 4.69) is 10.6 Å². The van der Waals surface area contributed by atoms with Crippen LogP contribution < -0.4 is 10.6 Å². The van der Waals surface area contributed by atoms with E-state index in [1.165, 1.54) is 0 Å². The highest BCUT2D eigenvalue weighted by Crippen LogP contribution is 2.18. The number of nitrogens with one attached hydrogen (secondary N) is 2. The van der Waals surface area contributed by atoms with Crippen molar-refractivity contribution in [2.75, 3.05) is 13.1 Å². The summed E-state index contributed by atoms with van der Waals surface area (Å²) in [6, 6.07) is 7.87. The van der Waals surface area contributed by atoms with Crippen LogP contribution in [0.3, 0.4) is 0 Å². The van der Waals surface area contributed by atoms with Crippen LogP contribution in [-0.2, 0) is 4.79 Å². The summed E-state index contributed by atoms with van der Waals surface area (Å²) in [7, 11) is 0. The second kappa shape index (κ2) is 4.64. The Morgan fingerprint density at radius 1 is 1.40 bits per heavy atom. The summed E-state index contributed by atoms with van der Waals surface area (Å²) >= 11 is 5.92. The van der Waals surface area contributed by atoms with Crippen molar-refractivity contribution in [3.05, 3.63) is 34.9 Å². The van der Waals surface area contributed by atoms with Gasteiger partial charge in [-0.3, -0.25) is 4.79 Å². The molecule has 0 aromatic heterocycles. The van der Waals surface area contributed by atoms with Crippen LogP contribution in [-0.4, -0.2) is 19.0 Å². The van der Waals surface area contributed by atoms with Gasteiger partial charge < -0.3 is 10.6 Å². The van der Waals surface area contributed by atoms with Gasteiger partial charge in [-0.1, -0.05) is 23.7 Å². The molecule has 1 aliphatic rings. The molecule has 1 atom stereocenters. The van der Waals surface area contributed by atoms with E-state index in [1.54, 1.807) is 0 Å². The summed E-state index contributed by atoms with van der Waals surface area (Å²) in [6.07, 6.45) is 0.539. The fraction of sp³-hybridized carbons (Fsp3) is 0.364. The predicted octanol–water partition coefficient (Wildman–Crippen LogP) is 1.49. The highest BCUT2D eigenvalue weighted by atomic mass is 35.5. The first-order valence-electron chi connectivity index (χ1n) is 5.01. The Morgan fingerprint density at radius 3 is 3.07 bits per heavy atom. The molecule has 15 heavy (non-hydrogen) atoms. The van der Waals surface area contributed by atoms with Gasteiger partial charge in [0.1, 0.15) is 0 Å². The minimum atomic E-state index is 0.104. The summed E-state index contributed by atoms with van der Waals surface area (Å²) in [4.78, 5) is 11.1. The normalized spacial score (nSPS) is 21.9. The lowest BCUT2D eigenvalue weighted by molar-refractivity contribution is -0.120. The van der Waals surface area contributed by atoms with Gasteiger partial charge in [0.25, 0.3) is 0 Å². The van der Waals surface area contributed by atoms with E-state index in [1.807, 2.05) is 24.3 Å². The van der Waals surface area contributed by atoms with Crippen LogP contribution in [0.5, 0.6) is 0 Å². The van der Waals surface area contributed by atoms with Crippen molar-refractivity contribution in [3.8, 4) is 0 Å². The zero-order chi connectivity index (χ0) is 10.7. The quantitative estimate of drug-likeness (QED) is 0.759. The first kappa shape index (κ1) is 10.5. The Morgan fingerprint density at radius 2 is 2.27 bits per heavy atom. The molecule has 0 spiro atoms. The Balaban J connectivity index is 2.13. The van der Waals surface area contributed by atoms with Crippen molar-refractivity contribution in [3.63, 3.8) is 0 Å². The summed E-state index contributed by atoms with van der Waals surface area (Å²) in [5.74, 6) is 0.104. The number of hydrogen-bond donors (Lipinski definition) is 2. The molecular formula is C11H13ClN2O. The van der Waals surface area contributed by atoms with Crippen LogP contribution in [0.15, 0.2) is 24.3 Å². The molecule has 3 nitrogen and oxygen atoms in total. The number of carbonyl (C=O) groups excluding carboxylic acids is 1. The minimum Gasteiger partial charge on any atom is -0.354 e. The molecule has 1 amide bonds. The van der Waals surface area contributed by atoms with E-state index in [9.17, 15) is 4.79 Å². The fourth-order valence-electron chi connectivity index (χ4n) is 1.70. The van der Waals surface area contributed by atoms with Gasteiger partial charge in [-0.2, -0.15) is 0 Å². The molecule has 1 fully saturated rings. The van der Waals surface area contributed by atoms with Gasteiger partial charge in [0, 0.05) is 30.6 Å². The Bertz CT molecular complexity index is 367. The average molecular weight is 225 g/mol. The van der Waals surface area contributed by atoms with Gasteiger partial charge in [-0.25, -0.2) is 0 Å². The van der Waals surface area contributed by atoms with Gasteiger partial charge in [0.05, 0.1) is 0 Å². The van der Waals surface area contributed by atoms with Crippen LogP contribution in [0.25, 0.3) is 0 Å². The van der Waals surface area contributed by atoms with Crippen LogP contribution in [0.2, 0.25) is 5.02 Å². The summed E-state index contributed by atoms with van der Waals surface area (Å²) in [6.45, 7) is 1.34. The maximum atomic E-state index is 11.1. The zero-order valence-electron chi connectivity index (χ0n) is 8.29. The first-order valence-corrected chi connectivity index (χ1v) is 5.39. The molecule has 1 unspecified atom stereocenters. The Kier molecular flexibility index (Phi) is 3.23. The van der Waals surface area contributed by atoms with Gasteiger partial charge in [-0.15, -0.1) is 0 Å². The van der Waals surface area contributed by atoms with Crippen molar-refractivity contribution in [1.29, 1.82) is 0 Å². The van der Waals surface area contributed by atoms with E-state index < -0.39 is 0 Å². The SMILES string of the molecule is O=C1CCNC(c2cccc(Cl)c2)CN1. The van der Waals surface area contributed by atoms with Crippen LogP contribution >= 0.6 is 11.6 Å². The highest BCUT2D eigenvalue weighted by Gasteiger charge is 2.16. The molecule has 0 saturated carbocycles. The molecule has 0 bridgehead atoms. The molecule has 1 heterocycles. The van der Waals surface area contributed by atoms with E-state index in [0.717, 1.165) is 10.6 Å². The second-order valence-electron chi connectivity index (χ2n) is 3.62. The summed E-state index contributed by atoms with van der Waals surface area (Å²) < 4.78 is 0. The number of amides is 1. The van der Waals surface area contributed by atoms with E-state index in [0.29, 0.717) is 19.5 Å². The summed E-state index contributed by atoms with van der Waals surface area (Å²) in [5.41, 5.74) is 1.12. The topological polar surface area (TPSA) is 41.1 Å². The minimum absolute atomic E-state index is 0.104. The van der Waals surface area contributed by atoms with Crippen molar-refractivity contribution in [2.45, 2.75) is 12.5 Å². The molecule has 2 N–H and O–H groups in total. The molecule has 0 radical (unpaired) electrons. The van der Waals surface area contributed by atoms with E-state index in [4.69, 9.17) is 11.6 Å². The first-order chi connectivity index (χ1) is 7.25. The van der Waals surface area contributed by atoms with E-state index in [-0.39, 0.29) is 11.9 Å². The largest absolute Gasteiger partial charge is 0.354 e. The second-order valence-corrected chi connectivity index (χ2v) is 4.05. The highest BCUT2D eigenvalue weighted by molar-refractivity contribution is 6.30. The number of benzene rings is 1. The van der Waals surface area contributed by atoms with Crippen LogP contribution in [0.1, 0.15) is 18.0 Å². The van der Waals surface area contributed by atoms with E-state index >= 15 is 0 Å². The van der Waals surface area contributed by atoms with Crippen molar-refractivity contribution < 1.29 is 4.79 Å². The Hall–Kier alpha value is -1.06. The molecule has 0 aliphatic carbocycles. The van der Waals surface area contributed by atoms with Crippen LogP contribution in [0.4, 0.5) is 0 Å². The standard InChI is InChI=1S/C11H13ClN2O/c12-9-3-1-2-8(6-9)10-7-14-11(15)4-5-13-10/h1-3,6,10,13H,4-5,7H2,(H,14,15). The number of carbonyl (C=O) groups is 1. The lowest BCUT2D eigenvalue weighted by Crippen LogP contribution is -2.28. The third-order valence-electron chi connectivity index (χ3n) is 2.50. The molecule has 80 valence electrons. The smallest absolute Gasteiger partial charge is 0.221 e.